The van der Waals surface area contributed by atoms with Gasteiger partial charge in [0.25, 0.3) is 0 Å². The van der Waals surface area contributed by atoms with Crippen LogP contribution in [0.25, 0.3) is 0 Å². The summed E-state index contributed by atoms with van der Waals surface area (Å²) in [4.78, 5) is 25.1. The second-order valence-electron chi connectivity index (χ2n) is 13.0. The quantitative estimate of drug-likeness (QED) is 0.359. The first-order valence-corrected chi connectivity index (χ1v) is 18.1. The van der Waals surface area contributed by atoms with Crippen molar-refractivity contribution >= 4 is 33.5 Å². The van der Waals surface area contributed by atoms with Gasteiger partial charge in [-0.3, -0.25) is 4.79 Å². The molecule has 4 fully saturated rings. The molecule has 15 heteroatoms. The number of hydrogen-bond donors (Lipinski definition) is 2. The summed E-state index contributed by atoms with van der Waals surface area (Å²) in [5.41, 5.74) is 6.25. The van der Waals surface area contributed by atoms with Gasteiger partial charge in [-0.25, -0.2) is 13.2 Å². The first-order chi connectivity index (χ1) is 22.7. The van der Waals surface area contributed by atoms with Crippen LogP contribution >= 0.6 is 11.6 Å². The van der Waals surface area contributed by atoms with Crippen molar-refractivity contribution < 1.29 is 45.8 Å². The number of carboxylic acids is 1. The van der Waals surface area contributed by atoms with Crippen molar-refractivity contribution in [3.63, 3.8) is 0 Å². The third kappa shape index (κ3) is 8.74. The number of carboxylic acid groups (broad SMARTS) is 1. The fourth-order valence-electron chi connectivity index (χ4n) is 7.21. The maximum absolute atomic E-state index is 14.1. The molecule has 1 aliphatic carbocycles. The third-order valence-corrected chi connectivity index (χ3v) is 11.7. The molecule has 2 aromatic carbocycles. The number of carbonyl (C=O) groups is 2. The van der Waals surface area contributed by atoms with Gasteiger partial charge in [0, 0.05) is 29.6 Å². The Morgan fingerprint density at radius 1 is 0.896 bits per heavy atom. The van der Waals surface area contributed by atoms with E-state index in [0.29, 0.717) is 29.0 Å². The number of nitrogens with two attached hydrogens (primary N) is 1. The number of ether oxygens (including phenoxy) is 2. The second kappa shape index (κ2) is 15.2. The van der Waals surface area contributed by atoms with E-state index in [2.05, 4.69) is 0 Å². The van der Waals surface area contributed by atoms with Crippen LogP contribution in [0.3, 0.4) is 0 Å². The number of halogens is 4. The largest absolute Gasteiger partial charge is 0.493 e. The summed E-state index contributed by atoms with van der Waals surface area (Å²) in [5.74, 6) is -1.09. The first kappa shape index (κ1) is 36.2. The topological polar surface area (TPSA) is 139 Å². The van der Waals surface area contributed by atoms with Gasteiger partial charge in [0.05, 0.1) is 18.0 Å². The summed E-state index contributed by atoms with van der Waals surface area (Å²) in [6.07, 6.45) is 4.22. The number of carbonyl (C=O) groups excluding carboxylic acids is 1. The molecule has 6 rings (SSSR count). The van der Waals surface area contributed by atoms with E-state index in [-0.39, 0.29) is 41.9 Å². The minimum Gasteiger partial charge on any atom is -0.493 e. The van der Waals surface area contributed by atoms with E-state index in [4.69, 9.17) is 36.7 Å². The molecular formula is C33H41ClF3N3O7S. The lowest BCUT2D eigenvalue weighted by Crippen LogP contribution is -2.55. The third-order valence-electron chi connectivity index (χ3n) is 9.53. The van der Waals surface area contributed by atoms with Crippen LogP contribution in [0.2, 0.25) is 5.02 Å². The Morgan fingerprint density at radius 2 is 1.46 bits per heavy atom. The minimum atomic E-state index is -5.08. The van der Waals surface area contributed by atoms with Crippen LogP contribution in [-0.4, -0.2) is 84.2 Å². The molecule has 48 heavy (non-hydrogen) atoms. The fourth-order valence-corrected chi connectivity index (χ4v) is 8.96. The standard InChI is InChI=1S/C31H40ClN3O5S.C2HF3O2/c32-22-6-10-27(11-7-22)40-28-18-30(31(36)35-24-8-9-25(35)17-23(33)16-24)34(19-28)41(37,38)29-14-12-26(13-15-29)39-20-21-4-2-1-3-5-21;3-2(4,5)1(6)7/h6-7,10-15,21,23-25,28,30H,1-5,8-9,16-20,33H2;(H,6,7)/t23?,24?,25?,28-,30-;/m0./s1. The minimum absolute atomic E-state index is 0.0673. The first-order valence-electron chi connectivity index (χ1n) is 16.3. The summed E-state index contributed by atoms with van der Waals surface area (Å²) in [5, 5.41) is 7.71. The summed E-state index contributed by atoms with van der Waals surface area (Å²) in [6.45, 7) is 0.740. The zero-order valence-electron chi connectivity index (χ0n) is 26.4. The molecule has 3 saturated heterocycles. The molecule has 1 amide bonds. The molecule has 3 aliphatic heterocycles. The van der Waals surface area contributed by atoms with Crippen LogP contribution in [0.15, 0.2) is 53.4 Å². The summed E-state index contributed by atoms with van der Waals surface area (Å²) in [7, 11) is -3.98. The average molecular weight is 716 g/mol. The van der Waals surface area contributed by atoms with Gasteiger partial charge in [0.2, 0.25) is 15.9 Å². The van der Waals surface area contributed by atoms with Gasteiger partial charge in [-0.05, 0) is 93.0 Å². The van der Waals surface area contributed by atoms with Gasteiger partial charge in [-0.15, -0.1) is 0 Å². The number of hydrogen-bond acceptors (Lipinski definition) is 7. The molecule has 264 valence electrons. The van der Waals surface area contributed by atoms with Crippen molar-refractivity contribution in [1.82, 2.24) is 9.21 Å². The number of benzene rings is 2. The predicted octanol–water partition coefficient (Wildman–Crippen LogP) is 5.62. The van der Waals surface area contributed by atoms with Crippen LogP contribution in [0.5, 0.6) is 11.5 Å². The Bertz CT molecular complexity index is 1510. The van der Waals surface area contributed by atoms with E-state index in [9.17, 15) is 26.4 Å². The van der Waals surface area contributed by atoms with E-state index >= 15 is 0 Å². The summed E-state index contributed by atoms with van der Waals surface area (Å²) >= 11 is 6.03. The predicted molar refractivity (Wildman–Crippen MR) is 171 cm³/mol. The zero-order chi connectivity index (χ0) is 34.6. The van der Waals surface area contributed by atoms with Crippen molar-refractivity contribution in [1.29, 1.82) is 0 Å². The van der Waals surface area contributed by atoms with Gasteiger partial charge in [-0.2, -0.15) is 17.5 Å². The lowest BCUT2D eigenvalue weighted by Gasteiger charge is -2.40. The number of sulfonamides is 1. The number of piperidine rings is 1. The van der Waals surface area contributed by atoms with Crippen molar-refractivity contribution in [2.75, 3.05) is 13.2 Å². The molecule has 4 atom stereocenters. The Labute approximate surface area is 283 Å². The lowest BCUT2D eigenvalue weighted by molar-refractivity contribution is -0.192. The fraction of sp³-hybridized carbons (Fsp3) is 0.576. The Balaban J connectivity index is 0.000000582. The molecule has 3 heterocycles. The van der Waals surface area contributed by atoms with Gasteiger partial charge >= 0.3 is 12.1 Å². The molecule has 0 radical (unpaired) electrons. The van der Waals surface area contributed by atoms with Crippen molar-refractivity contribution in [3.8, 4) is 11.5 Å². The SMILES string of the molecule is NC1CC2CCC(C1)N2C(=O)[C@@H]1C[C@H](Oc2ccc(Cl)cc2)CN1S(=O)(=O)c1ccc(OCC2CCCCC2)cc1.O=C(O)C(F)(F)F. The molecule has 4 aliphatic rings. The average Bonchev–Trinajstić information content (AvgIpc) is 3.60. The van der Waals surface area contributed by atoms with Crippen LogP contribution in [-0.2, 0) is 19.6 Å². The number of fused-ring (bicyclic) bond motifs is 2. The maximum atomic E-state index is 14.1. The number of aliphatic carboxylic acids is 1. The van der Waals surface area contributed by atoms with E-state index < -0.39 is 34.3 Å². The molecule has 1 saturated carbocycles. The molecule has 2 unspecified atom stereocenters. The normalized spacial score (nSPS) is 26.4. The van der Waals surface area contributed by atoms with Gasteiger partial charge in [0.15, 0.2) is 0 Å². The smallest absolute Gasteiger partial charge is 0.490 e. The summed E-state index contributed by atoms with van der Waals surface area (Å²) < 4.78 is 73.4. The van der Waals surface area contributed by atoms with E-state index in [1.807, 2.05) is 4.90 Å². The molecule has 0 aromatic heterocycles. The monoisotopic (exact) mass is 715 g/mol. The van der Waals surface area contributed by atoms with Crippen molar-refractivity contribution in [2.45, 2.75) is 106 Å². The van der Waals surface area contributed by atoms with Gasteiger partial charge in [0.1, 0.15) is 23.6 Å². The molecule has 2 bridgehead atoms. The van der Waals surface area contributed by atoms with E-state index in [0.717, 1.165) is 25.7 Å². The Kier molecular flexibility index (Phi) is 11.5. The Hall–Kier alpha value is -3.07. The zero-order valence-corrected chi connectivity index (χ0v) is 27.9. The van der Waals surface area contributed by atoms with Crippen LogP contribution in [0.4, 0.5) is 13.2 Å². The van der Waals surface area contributed by atoms with Crippen molar-refractivity contribution in [3.05, 3.63) is 53.6 Å². The second-order valence-corrected chi connectivity index (χ2v) is 15.3. The number of nitrogens with zero attached hydrogens (tertiary/aromatic N) is 2. The number of rotatable bonds is 8. The Morgan fingerprint density at radius 3 is 2.02 bits per heavy atom. The maximum Gasteiger partial charge on any atom is 0.490 e. The van der Waals surface area contributed by atoms with Crippen LogP contribution in [0, 0.1) is 5.92 Å². The molecule has 2 aromatic rings. The molecule has 3 N–H and O–H groups in total. The number of amides is 1. The van der Waals surface area contributed by atoms with Crippen LogP contribution < -0.4 is 15.2 Å². The lowest BCUT2D eigenvalue weighted by atomic mass is 9.90. The van der Waals surface area contributed by atoms with E-state index in [1.165, 1.54) is 36.4 Å². The highest BCUT2D eigenvalue weighted by molar-refractivity contribution is 7.89. The summed E-state index contributed by atoms with van der Waals surface area (Å²) in [6, 6.07) is 13.0. The highest BCUT2D eigenvalue weighted by Gasteiger charge is 2.51. The van der Waals surface area contributed by atoms with Crippen LogP contribution in [0.1, 0.15) is 64.2 Å². The number of alkyl halides is 3. The van der Waals surface area contributed by atoms with Gasteiger partial charge in [-0.1, -0.05) is 30.9 Å². The highest BCUT2D eigenvalue weighted by Crippen LogP contribution is 2.39. The van der Waals surface area contributed by atoms with E-state index in [1.54, 1.807) is 48.5 Å². The molecule has 10 nitrogen and oxygen atoms in total. The highest BCUT2D eigenvalue weighted by atomic mass is 35.5. The van der Waals surface area contributed by atoms with Crippen molar-refractivity contribution in [2.24, 2.45) is 11.7 Å². The van der Waals surface area contributed by atoms with Gasteiger partial charge < -0.3 is 25.2 Å². The molecule has 0 spiro atoms. The molecular weight excluding hydrogens is 675 g/mol.